The summed E-state index contributed by atoms with van der Waals surface area (Å²) >= 11 is 1.75. The van der Waals surface area contributed by atoms with Gasteiger partial charge in [0, 0.05) is 17.2 Å². The van der Waals surface area contributed by atoms with E-state index in [-0.39, 0.29) is 23.8 Å². The third-order valence-corrected chi connectivity index (χ3v) is 7.16. The van der Waals surface area contributed by atoms with Crippen molar-refractivity contribution in [3.05, 3.63) is 47.5 Å². The average molecular weight is 506 g/mol. The molecular weight excluding hydrogens is 487 g/mol. The first-order valence-corrected chi connectivity index (χ1v) is 11.1. The lowest BCUT2D eigenvalue weighted by Gasteiger charge is -2.47. The summed E-state index contributed by atoms with van der Waals surface area (Å²) in [5.41, 5.74) is 1.54. The number of carboxylic acid groups (broad SMARTS) is 1. The van der Waals surface area contributed by atoms with Gasteiger partial charge in [0.25, 0.3) is 0 Å². The van der Waals surface area contributed by atoms with Crippen molar-refractivity contribution >= 4 is 29.2 Å². The van der Waals surface area contributed by atoms with Crippen LogP contribution in [0, 0.1) is 23.5 Å². The number of nitrogens with one attached hydrogen (secondary N) is 1. The van der Waals surface area contributed by atoms with Gasteiger partial charge in [-0.25, -0.2) is 18.4 Å². The Bertz CT molecular complexity index is 1030. The Hall–Kier alpha value is -2.51. The number of thioether (sulfide) groups is 1. The second kappa shape index (κ2) is 9.27. The first-order chi connectivity index (χ1) is 16.0. The zero-order valence-corrected chi connectivity index (χ0v) is 18.1. The van der Waals surface area contributed by atoms with Crippen LogP contribution in [0.3, 0.4) is 0 Å². The number of hydrogen-bond donors (Lipinski definition) is 2. The first kappa shape index (κ1) is 24.6. The van der Waals surface area contributed by atoms with Crippen LogP contribution in [0.1, 0.15) is 16.8 Å². The van der Waals surface area contributed by atoms with Crippen LogP contribution in [0.2, 0.25) is 0 Å². The SMILES string of the molecule is O=C(O)C(F)(F)F.O=C(OCC1NC2C3C=CC(C3)(O1)C2C1CN=CS1)c1ccc(F)c(F)c1. The molecule has 1 saturated heterocycles. The number of halogens is 5. The van der Waals surface area contributed by atoms with Crippen molar-refractivity contribution < 1.29 is 46.1 Å². The standard InChI is InChI=1S/C19H18F2N2O3S.C2HF3O2/c20-12-2-1-10(5-13(12)21)18(24)25-8-15-23-17-11-3-4-19(6-11,26-15)16(17)14-7-22-9-27-14;3-2(4,5)1(6)7/h1-5,9,11,14-17,23H,6-8H2;(H,6,7). The number of fused-ring (bicyclic) bond motifs is 3. The topological polar surface area (TPSA) is 97.2 Å². The smallest absolute Gasteiger partial charge is 0.475 e. The van der Waals surface area contributed by atoms with E-state index < -0.39 is 36.0 Å². The number of aliphatic imine (C=N–C) groups is 1. The molecule has 0 amide bonds. The number of hydrogen-bond acceptors (Lipinski definition) is 7. The van der Waals surface area contributed by atoms with E-state index in [4.69, 9.17) is 19.4 Å². The third kappa shape index (κ3) is 4.82. The minimum atomic E-state index is -5.08. The van der Waals surface area contributed by atoms with E-state index in [1.165, 1.54) is 6.07 Å². The molecule has 5 rings (SSSR count). The van der Waals surface area contributed by atoms with Gasteiger partial charge in [-0.1, -0.05) is 12.2 Å². The van der Waals surface area contributed by atoms with Crippen LogP contribution in [0.4, 0.5) is 22.0 Å². The zero-order valence-electron chi connectivity index (χ0n) is 17.3. The van der Waals surface area contributed by atoms with Gasteiger partial charge in [0.2, 0.25) is 0 Å². The quantitative estimate of drug-likeness (QED) is 0.368. The van der Waals surface area contributed by atoms with Crippen molar-refractivity contribution in [2.75, 3.05) is 13.2 Å². The van der Waals surface area contributed by atoms with Crippen molar-refractivity contribution in [2.45, 2.75) is 35.7 Å². The highest BCUT2D eigenvalue weighted by Gasteiger charge is 2.62. The lowest BCUT2D eigenvalue weighted by Crippen LogP contribution is -2.62. The number of aliphatic carboxylic acids is 1. The fourth-order valence-electron chi connectivity index (χ4n) is 4.76. The molecule has 34 heavy (non-hydrogen) atoms. The van der Waals surface area contributed by atoms with E-state index in [0.29, 0.717) is 17.1 Å². The van der Waals surface area contributed by atoms with Gasteiger partial charge in [0.15, 0.2) is 11.6 Å². The molecule has 4 aliphatic rings. The summed E-state index contributed by atoms with van der Waals surface area (Å²) < 4.78 is 69.7. The molecule has 2 fully saturated rings. The Labute approximate surface area is 194 Å². The van der Waals surface area contributed by atoms with E-state index >= 15 is 0 Å². The van der Waals surface area contributed by atoms with Gasteiger partial charge >= 0.3 is 18.1 Å². The van der Waals surface area contributed by atoms with E-state index in [2.05, 4.69) is 22.5 Å². The molecule has 0 radical (unpaired) electrons. The van der Waals surface area contributed by atoms with E-state index in [1.54, 1.807) is 11.8 Å². The molecule has 2 N–H and O–H groups in total. The molecule has 2 heterocycles. The largest absolute Gasteiger partial charge is 0.490 e. The summed E-state index contributed by atoms with van der Waals surface area (Å²) in [5.74, 6) is -4.79. The number of alkyl halides is 3. The van der Waals surface area contributed by atoms with Gasteiger partial charge < -0.3 is 14.6 Å². The summed E-state index contributed by atoms with van der Waals surface area (Å²) in [6.45, 7) is 0.812. The first-order valence-electron chi connectivity index (χ1n) is 10.2. The van der Waals surface area contributed by atoms with Gasteiger partial charge in [-0.05, 0) is 30.5 Å². The fourth-order valence-corrected chi connectivity index (χ4v) is 5.83. The molecule has 13 heteroatoms. The Morgan fingerprint density at radius 3 is 2.62 bits per heavy atom. The number of carboxylic acids is 1. The highest BCUT2D eigenvalue weighted by molar-refractivity contribution is 8.12. The van der Waals surface area contributed by atoms with Crippen LogP contribution in [0.5, 0.6) is 0 Å². The van der Waals surface area contributed by atoms with Crippen molar-refractivity contribution in [3.63, 3.8) is 0 Å². The lowest BCUT2D eigenvalue weighted by atomic mass is 9.81. The average Bonchev–Trinajstić information content (AvgIpc) is 3.47. The van der Waals surface area contributed by atoms with Crippen molar-refractivity contribution in [2.24, 2.45) is 16.8 Å². The Kier molecular flexibility index (Phi) is 6.71. The highest BCUT2D eigenvalue weighted by atomic mass is 32.2. The van der Waals surface area contributed by atoms with Crippen LogP contribution < -0.4 is 5.32 Å². The molecule has 184 valence electrons. The maximum atomic E-state index is 13.3. The fraction of sp³-hybridized carbons (Fsp3) is 0.476. The summed E-state index contributed by atoms with van der Waals surface area (Å²) in [6.07, 6.45) is -0.219. The van der Waals surface area contributed by atoms with E-state index in [1.807, 2.05) is 5.55 Å². The maximum absolute atomic E-state index is 13.3. The highest BCUT2D eigenvalue weighted by Crippen LogP contribution is 2.55. The molecule has 7 nitrogen and oxygen atoms in total. The van der Waals surface area contributed by atoms with Gasteiger partial charge in [-0.3, -0.25) is 10.3 Å². The van der Waals surface area contributed by atoms with Crippen LogP contribution in [0.15, 0.2) is 35.3 Å². The van der Waals surface area contributed by atoms with E-state index in [0.717, 1.165) is 25.1 Å². The van der Waals surface area contributed by atoms with Crippen LogP contribution in [-0.4, -0.2) is 65.0 Å². The van der Waals surface area contributed by atoms with Crippen molar-refractivity contribution in [1.29, 1.82) is 0 Å². The molecule has 0 aromatic heterocycles. The monoisotopic (exact) mass is 506 g/mol. The molecule has 3 bridgehead atoms. The van der Waals surface area contributed by atoms with Crippen molar-refractivity contribution in [1.82, 2.24) is 5.32 Å². The van der Waals surface area contributed by atoms with Gasteiger partial charge in [0.1, 0.15) is 12.8 Å². The summed E-state index contributed by atoms with van der Waals surface area (Å²) in [6, 6.07) is 3.22. The number of carbonyl (C=O) groups excluding carboxylic acids is 1. The second-order valence-corrected chi connectivity index (χ2v) is 9.27. The molecular formula is C21H19F5N2O5S. The Morgan fingerprint density at radius 2 is 2.03 bits per heavy atom. The molecule has 6 unspecified atom stereocenters. The number of esters is 1. The maximum Gasteiger partial charge on any atom is 0.490 e. The van der Waals surface area contributed by atoms with E-state index in [9.17, 15) is 26.7 Å². The molecule has 1 spiro atoms. The normalized spacial score (nSPS) is 32.9. The number of ether oxygens (including phenoxy) is 2. The number of carbonyl (C=O) groups is 2. The van der Waals surface area contributed by atoms with Crippen LogP contribution in [0.25, 0.3) is 0 Å². The summed E-state index contributed by atoms with van der Waals surface area (Å²) in [7, 11) is 0. The van der Waals surface area contributed by atoms with Crippen LogP contribution in [-0.2, 0) is 14.3 Å². The predicted octanol–water partition coefficient (Wildman–Crippen LogP) is 3.16. The molecule has 1 aromatic rings. The molecule has 1 aromatic carbocycles. The minimum Gasteiger partial charge on any atom is -0.475 e. The van der Waals surface area contributed by atoms with Crippen LogP contribution >= 0.6 is 11.8 Å². The van der Waals surface area contributed by atoms with Gasteiger partial charge in [-0.15, -0.1) is 11.8 Å². The number of rotatable bonds is 4. The predicted molar refractivity (Wildman–Crippen MR) is 110 cm³/mol. The van der Waals surface area contributed by atoms with Gasteiger partial charge in [-0.2, -0.15) is 13.2 Å². The molecule has 6 atom stereocenters. The molecule has 2 aliphatic heterocycles. The third-order valence-electron chi connectivity index (χ3n) is 6.09. The van der Waals surface area contributed by atoms with Crippen molar-refractivity contribution in [3.8, 4) is 0 Å². The summed E-state index contributed by atoms with van der Waals surface area (Å²) in [5, 5.41) is 11.0. The Balaban J connectivity index is 0.000000344. The minimum absolute atomic E-state index is 0.0116. The molecule has 1 saturated carbocycles. The molecule has 2 aliphatic carbocycles. The Morgan fingerprint density at radius 1 is 1.29 bits per heavy atom. The lowest BCUT2D eigenvalue weighted by molar-refractivity contribution is -0.192. The zero-order chi connectivity index (χ0) is 24.7. The number of nitrogens with zero attached hydrogens (tertiary/aromatic N) is 1. The second-order valence-electron chi connectivity index (χ2n) is 8.18. The number of benzene rings is 1. The summed E-state index contributed by atoms with van der Waals surface area (Å²) in [4.78, 5) is 25.4. The van der Waals surface area contributed by atoms with Gasteiger partial charge in [0.05, 0.1) is 23.3 Å².